The van der Waals surface area contributed by atoms with Crippen LogP contribution in [0.15, 0.2) is 21.9 Å². The number of hydrogen-bond acceptors (Lipinski definition) is 6. The molecule has 0 bridgehead atoms. The van der Waals surface area contributed by atoms with Gasteiger partial charge in [0.15, 0.2) is 10.8 Å². The molecule has 1 atom stereocenters. The quantitative estimate of drug-likeness (QED) is 0.807. The van der Waals surface area contributed by atoms with Crippen molar-refractivity contribution in [2.24, 2.45) is 0 Å². The Morgan fingerprint density at radius 3 is 3.05 bits per heavy atom. The zero-order valence-electron chi connectivity index (χ0n) is 12.0. The minimum Gasteiger partial charge on any atom is -0.459 e. The molecule has 0 aliphatic rings. The molecule has 0 spiro atoms. The third-order valence-corrected chi connectivity index (χ3v) is 3.64. The van der Waals surface area contributed by atoms with Gasteiger partial charge >= 0.3 is 0 Å². The third kappa shape index (κ3) is 4.66. The molecule has 0 radical (unpaired) electrons. The van der Waals surface area contributed by atoms with Crippen LogP contribution in [0.2, 0.25) is 0 Å². The first-order chi connectivity index (χ1) is 10.1. The van der Waals surface area contributed by atoms with Gasteiger partial charge in [0.1, 0.15) is 5.76 Å². The fraction of sp³-hybridized carbons (Fsp3) is 0.429. The molecule has 2 N–H and O–H groups in total. The van der Waals surface area contributed by atoms with Gasteiger partial charge in [0.2, 0.25) is 5.91 Å². The molecule has 114 valence electrons. The maximum atomic E-state index is 11.7. The zero-order chi connectivity index (χ0) is 15.2. The van der Waals surface area contributed by atoms with Gasteiger partial charge in [0.25, 0.3) is 0 Å². The maximum absolute atomic E-state index is 11.7. The van der Waals surface area contributed by atoms with E-state index in [4.69, 9.17) is 9.15 Å². The number of hydrogen-bond donors (Lipinski definition) is 2. The largest absolute Gasteiger partial charge is 0.459 e. The molecule has 0 fully saturated rings. The Hall–Kier alpha value is -1.70. The van der Waals surface area contributed by atoms with Gasteiger partial charge in [0.05, 0.1) is 24.8 Å². The molecule has 0 saturated heterocycles. The Bertz CT molecular complexity index is 593. The summed E-state index contributed by atoms with van der Waals surface area (Å²) < 4.78 is 10.3. The van der Waals surface area contributed by atoms with E-state index in [2.05, 4.69) is 10.3 Å². The average Bonchev–Trinajstić information content (AvgIpc) is 3.06. The van der Waals surface area contributed by atoms with Crippen LogP contribution in [0.4, 0.5) is 0 Å². The van der Waals surface area contributed by atoms with Gasteiger partial charge in [-0.05, 0) is 19.1 Å². The molecule has 2 rings (SSSR count). The number of carbonyl (C=O) groups is 1. The molecule has 0 aliphatic heterocycles. The topological polar surface area (TPSA) is 84.6 Å². The van der Waals surface area contributed by atoms with E-state index in [9.17, 15) is 9.90 Å². The van der Waals surface area contributed by atoms with E-state index in [0.29, 0.717) is 11.5 Å². The van der Waals surface area contributed by atoms with E-state index in [1.807, 2.05) is 24.4 Å². The summed E-state index contributed by atoms with van der Waals surface area (Å²) in [5.74, 6) is 1.35. The van der Waals surface area contributed by atoms with Crippen molar-refractivity contribution in [2.45, 2.75) is 19.4 Å². The summed E-state index contributed by atoms with van der Waals surface area (Å²) in [4.78, 5) is 16.1. The highest BCUT2D eigenvalue weighted by molar-refractivity contribution is 7.13. The number of methoxy groups -OCH3 is 1. The lowest BCUT2D eigenvalue weighted by Crippen LogP contribution is -2.35. The average molecular weight is 310 g/mol. The number of nitrogens with zero attached hydrogens (tertiary/aromatic N) is 1. The van der Waals surface area contributed by atoms with Crippen LogP contribution in [0.25, 0.3) is 10.8 Å². The second kappa shape index (κ2) is 7.35. The summed E-state index contributed by atoms with van der Waals surface area (Å²) in [5, 5.41) is 14.7. The Morgan fingerprint density at radius 2 is 2.38 bits per heavy atom. The van der Waals surface area contributed by atoms with Crippen LogP contribution in [0.5, 0.6) is 0 Å². The van der Waals surface area contributed by atoms with Crippen LogP contribution in [0.1, 0.15) is 11.5 Å². The number of thiazole rings is 1. The van der Waals surface area contributed by atoms with E-state index in [-0.39, 0.29) is 25.5 Å². The highest BCUT2D eigenvalue weighted by Crippen LogP contribution is 2.25. The van der Waals surface area contributed by atoms with Gasteiger partial charge in [-0.25, -0.2) is 4.98 Å². The molecule has 6 nitrogen and oxygen atoms in total. The van der Waals surface area contributed by atoms with E-state index in [1.54, 1.807) is 0 Å². The van der Waals surface area contributed by atoms with Gasteiger partial charge in [-0.2, -0.15) is 0 Å². The summed E-state index contributed by atoms with van der Waals surface area (Å²) >= 11 is 1.44. The van der Waals surface area contributed by atoms with E-state index in [1.165, 1.54) is 18.4 Å². The number of nitrogens with one attached hydrogen (secondary N) is 1. The molecule has 2 aromatic rings. The van der Waals surface area contributed by atoms with Crippen molar-refractivity contribution in [3.05, 3.63) is 29.0 Å². The summed E-state index contributed by atoms with van der Waals surface area (Å²) in [6, 6.07) is 3.74. The number of furan rings is 1. The molecule has 1 unspecified atom stereocenters. The van der Waals surface area contributed by atoms with Gasteiger partial charge in [-0.1, -0.05) is 0 Å². The first-order valence-electron chi connectivity index (χ1n) is 6.53. The van der Waals surface area contributed by atoms with E-state index in [0.717, 1.165) is 10.8 Å². The Morgan fingerprint density at radius 1 is 1.57 bits per heavy atom. The lowest BCUT2D eigenvalue weighted by atomic mass is 10.3. The number of aromatic nitrogens is 1. The molecule has 7 heteroatoms. The molecule has 1 amide bonds. The van der Waals surface area contributed by atoms with Crippen LogP contribution >= 0.6 is 11.3 Å². The Labute approximate surface area is 126 Å². The predicted octanol–water partition coefficient (Wildman–Crippen LogP) is 1.38. The first kappa shape index (κ1) is 15.7. The monoisotopic (exact) mass is 310 g/mol. The van der Waals surface area contributed by atoms with Gasteiger partial charge < -0.3 is 19.6 Å². The van der Waals surface area contributed by atoms with Gasteiger partial charge in [-0.15, -0.1) is 11.3 Å². The van der Waals surface area contributed by atoms with Crippen molar-refractivity contribution in [1.82, 2.24) is 10.3 Å². The van der Waals surface area contributed by atoms with E-state index >= 15 is 0 Å². The number of aryl methyl sites for hydroxylation is 1. The molecular weight excluding hydrogens is 292 g/mol. The number of aliphatic hydroxyl groups excluding tert-OH is 1. The fourth-order valence-corrected chi connectivity index (χ4v) is 2.54. The summed E-state index contributed by atoms with van der Waals surface area (Å²) in [5.41, 5.74) is 0.683. The fourth-order valence-electron chi connectivity index (χ4n) is 1.76. The minimum absolute atomic E-state index is 0.168. The number of rotatable bonds is 7. The van der Waals surface area contributed by atoms with Crippen molar-refractivity contribution >= 4 is 17.2 Å². The SMILES string of the molecule is COCC(O)CNC(=O)Cc1csc(-c2ccc(C)o2)n1. The van der Waals surface area contributed by atoms with Crippen LogP contribution in [0, 0.1) is 6.92 Å². The zero-order valence-corrected chi connectivity index (χ0v) is 12.8. The number of ether oxygens (including phenoxy) is 1. The van der Waals surface area contributed by atoms with Crippen LogP contribution < -0.4 is 5.32 Å². The number of carbonyl (C=O) groups excluding carboxylic acids is 1. The molecule has 2 aromatic heterocycles. The van der Waals surface area contributed by atoms with Crippen LogP contribution in [-0.2, 0) is 16.0 Å². The molecule has 0 aromatic carbocycles. The molecule has 21 heavy (non-hydrogen) atoms. The van der Waals surface area contributed by atoms with Crippen molar-refractivity contribution < 1.29 is 19.1 Å². The third-order valence-electron chi connectivity index (χ3n) is 2.74. The Kier molecular flexibility index (Phi) is 5.49. The van der Waals surface area contributed by atoms with Crippen LogP contribution in [0.3, 0.4) is 0 Å². The lowest BCUT2D eigenvalue weighted by molar-refractivity contribution is -0.121. The highest BCUT2D eigenvalue weighted by Gasteiger charge is 2.12. The molecule has 0 aliphatic carbocycles. The van der Waals surface area contributed by atoms with E-state index < -0.39 is 6.10 Å². The number of amides is 1. The standard InChI is InChI=1S/C14H18N2O4S/c1-9-3-4-12(20-9)14-16-10(8-21-14)5-13(18)15-6-11(17)7-19-2/h3-4,8,11,17H,5-7H2,1-2H3,(H,15,18). The summed E-state index contributed by atoms with van der Waals surface area (Å²) in [7, 11) is 1.50. The van der Waals surface area contributed by atoms with Crippen molar-refractivity contribution in [2.75, 3.05) is 20.3 Å². The highest BCUT2D eigenvalue weighted by atomic mass is 32.1. The summed E-state index contributed by atoms with van der Waals surface area (Å²) in [6.45, 7) is 2.23. The molecular formula is C14H18N2O4S. The van der Waals surface area contributed by atoms with Crippen molar-refractivity contribution in [3.8, 4) is 10.8 Å². The second-order valence-electron chi connectivity index (χ2n) is 4.64. The maximum Gasteiger partial charge on any atom is 0.226 e. The van der Waals surface area contributed by atoms with Crippen molar-refractivity contribution in [3.63, 3.8) is 0 Å². The Balaban J connectivity index is 1.86. The second-order valence-corrected chi connectivity index (χ2v) is 5.50. The van der Waals surface area contributed by atoms with Gasteiger partial charge in [-0.3, -0.25) is 4.79 Å². The van der Waals surface area contributed by atoms with Crippen LogP contribution in [-0.4, -0.2) is 42.4 Å². The van der Waals surface area contributed by atoms with Crippen molar-refractivity contribution in [1.29, 1.82) is 0 Å². The minimum atomic E-state index is -0.698. The summed E-state index contributed by atoms with van der Waals surface area (Å²) in [6.07, 6.45) is -0.522. The predicted molar refractivity (Wildman–Crippen MR) is 79.1 cm³/mol. The van der Waals surface area contributed by atoms with Gasteiger partial charge in [0, 0.05) is 19.0 Å². The lowest BCUT2D eigenvalue weighted by Gasteiger charge is -2.10. The molecule has 2 heterocycles. The number of aliphatic hydroxyl groups is 1. The smallest absolute Gasteiger partial charge is 0.226 e. The molecule has 0 saturated carbocycles. The normalized spacial score (nSPS) is 12.3. The first-order valence-corrected chi connectivity index (χ1v) is 7.41.